The summed E-state index contributed by atoms with van der Waals surface area (Å²) >= 11 is 0. The molecule has 0 unspecified atom stereocenters. The third-order valence-corrected chi connectivity index (χ3v) is 5.90. The Morgan fingerprint density at radius 1 is 0.946 bits per heavy atom. The Balaban J connectivity index is 1.62. The number of aryl methyl sites for hydroxylation is 1. The number of hydrogen-bond donors (Lipinski definition) is 1. The Morgan fingerprint density at radius 3 is 2.35 bits per heavy atom. The molecule has 1 aliphatic rings. The molecule has 4 aromatic rings. The average Bonchev–Trinajstić information content (AvgIpc) is 3.45. The Hall–Kier alpha value is -4.85. The summed E-state index contributed by atoms with van der Waals surface area (Å²) in [5.74, 6) is 0.463. The summed E-state index contributed by atoms with van der Waals surface area (Å²) in [7, 11) is 0. The minimum absolute atomic E-state index is 0.0633. The molecule has 0 spiro atoms. The van der Waals surface area contributed by atoms with Gasteiger partial charge in [-0.15, -0.1) is 0 Å². The van der Waals surface area contributed by atoms with Crippen LogP contribution in [0, 0.1) is 6.92 Å². The van der Waals surface area contributed by atoms with E-state index in [1.807, 2.05) is 37.3 Å². The van der Waals surface area contributed by atoms with Crippen molar-refractivity contribution in [2.24, 2.45) is 0 Å². The van der Waals surface area contributed by atoms with E-state index in [0.717, 1.165) is 0 Å². The van der Waals surface area contributed by atoms with Crippen LogP contribution >= 0.6 is 0 Å². The Kier molecular flexibility index (Phi) is 6.47. The third kappa shape index (κ3) is 4.69. The maximum atomic E-state index is 13.3. The molecule has 1 saturated heterocycles. The Labute approximate surface area is 213 Å². The zero-order chi connectivity index (χ0) is 25.9. The van der Waals surface area contributed by atoms with Gasteiger partial charge in [-0.25, -0.2) is 0 Å². The van der Waals surface area contributed by atoms with Crippen molar-refractivity contribution in [1.82, 2.24) is 5.16 Å². The van der Waals surface area contributed by atoms with Crippen LogP contribution in [0.1, 0.15) is 29.9 Å². The molecule has 0 radical (unpaired) electrons. The second-order valence-electron chi connectivity index (χ2n) is 8.41. The van der Waals surface area contributed by atoms with Crippen LogP contribution < -0.4 is 14.4 Å². The first-order chi connectivity index (χ1) is 18.0. The van der Waals surface area contributed by atoms with Crippen molar-refractivity contribution in [3.05, 3.63) is 107 Å². The van der Waals surface area contributed by atoms with Crippen LogP contribution in [0.15, 0.2) is 95.0 Å². The van der Waals surface area contributed by atoms with Crippen molar-refractivity contribution in [3.63, 3.8) is 0 Å². The second-order valence-corrected chi connectivity index (χ2v) is 8.41. The molecule has 0 bridgehead atoms. The molecule has 5 rings (SSSR count). The van der Waals surface area contributed by atoms with Gasteiger partial charge in [-0.1, -0.05) is 35.5 Å². The summed E-state index contributed by atoms with van der Waals surface area (Å²) in [6.45, 7) is 4.06. The molecule has 1 N–H and O–H groups in total. The number of para-hydroxylation sites is 1. The van der Waals surface area contributed by atoms with Gasteiger partial charge in [0.1, 0.15) is 28.8 Å². The second kappa shape index (κ2) is 10.0. The minimum Gasteiger partial charge on any atom is -0.507 e. The monoisotopic (exact) mass is 496 g/mol. The standard InChI is InChI=1S/C29H24N2O6/c1-3-35-21-14-12-19(13-15-21)27(32)25-26(31(29(34)28(25)33)24-16-18(2)37-30-24)20-8-7-11-23(17-20)36-22-9-5-4-6-10-22/h4-17,26,32H,3H2,1-2H3/b27-25+/t26-/m1/s1. The largest absolute Gasteiger partial charge is 0.507 e. The van der Waals surface area contributed by atoms with Crippen molar-refractivity contribution in [1.29, 1.82) is 0 Å². The van der Waals surface area contributed by atoms with Gasteiger partial charge in [0.05, 0.1) is 18.2 Å². The molecular weight excluding hydrogens is 472 g/mol. The summed E-state index contributed by atoms with van der Waals surface area (Å²) < 4.78 is 16.6. The van der Waals surface area contributed by atoms with Gasteiger partial charge in [0.2, 0.25) is 0 Å². The molecule has 186 valence electrons. The first-order valence-electron chi connectivity index (χ1n) is 11.8. The van der Waals surface area contributed by atoms with Gasteiger partial charge in [0.25, 0.3) is 5.78 Å². The number of aliphatic hydroxyl groups is 1. The van der Waals surface area contributed by atoms with Gasteiger partial charge in [-0.05, 0) is 67.9 Å². The number of aliphatic hydroxyl groups excluding tert-OH is 1. The van der Waals surface area contributed by atoms with Crippen LogP contribution in [0.5, 0.6) is 17.2 Å². The van der Waals surface area contributed by atoms with Gasteiger partial charge in [0.15, 0.2) is 5.82 Å². The van der Waals surface area contributed by atoms with E-state index in [0.29, 0.717) is 40.7 Å². The summed E-state index contributed by atoms with van der Waals surface area (Å²) in [5.41, 5.74) is 0.868. The van der Waals surface area contributed by atoms with E-state index in [9.17, 15) is 14.7 Å². The molecule has 8 nitrogen and oxygen atoms in total. The van der Waals surface area contributed by atoms with Gasteiger partial charge in [-0.2, -0.15) is 0 Å². The van der Waals surface area contributed by atoms with Crippen molar-refractivity contribution in [3.8, 4) is 17.2 Å². The van der Waals surface area contributed by atoms with Crippen molar-refractivity contribution >= 4 is 23.3 Å². The number of carbonyl (C=O) groups excluding carboxylic acids is 2. The molecule has 0 aliphatic carbocycles. The molecule has 1 aliphatic heterocycles. The molecule has 3 aromatic carbocycles. The zero-order valence-electron chi connectivity index (χ0n) is 20.3. The number of ether oxygens (including phenoxy) is 2. The van der Waals surface area contributed by atoms with Gasteiger partial charge < -0.3 is 19.1 Å². The highest BCUT2D eigenvalue weighted by atomic mass is 16.5. The fourth-order valence-electron chi connectivity index (χ4n) is 4.25. The molecule has 0 saturated carbocycles. The summed E-state index contributed by atoms with van der Waals surface area (Å²) in [5, 5.41) is 15.3. The quantitative estimate of drug-likeness (QED) is 0.196. The SMILES string of the molecule is CCOc1ccc(/C(O)=C2\C(=O)C(=O)N(c3cc(C)on3)[C@@H]2c2cccc(Oc3ccccc3)c2)cc1. The highest BCUT2D eigenvalue weighted by molar-refractivity contribution is 6.51. The van der Waals surface area contributed by atoms with Crippen molar-refractivity contribution in [2.45, 2.75) is 19.9 Å². The van der Waals surface area contributed by atoms with E-state index < -0.39 is 17.7 Å². The number of amides is 1. The van der Waals surface area contributed by atoms with E-state index in [2.05, 4.69) is 5.16 Å². The maximum Gasteiger partial charge on any atom is 0.301 e. The lowest BCUT2D eigenvalue weighted by Gasteiger charge is -2.23. The number of carbonyl (C=O) groups is 2. The summed E-state index contributed by atoms with van der Waals surface area (Å²) in [6.07, 6.45) is 0. The molecular formula is C29H24N2O6. The van der Waals surface area contributed by atoms with Crippen LogP contribution in [-0.2, 0) is 9.59 Å². The predicted molar refractivity (Wildman–Crippen MR) is 137 cm³/mol. The Bertz CT molecular complexity index is 1470. The first-order valence-corrected chi connectivity index (χ1v) is 11.8. The fraction of sp³-hybridized carbons (Fsp3) is 0.138. The van der Waals surface area contributed by atoms with E-state index in [1.54, 1.807) is 61.5 Å². The van der Waals surface area contributed by atoms with Gasteiger partial charge >= 0.3 is 5.91 Å². The summed E-state index contributed by atoms with van der Waals surface area (Å²) in [4.78, 5) is 27.8. The van der Waals surface area contributed by atoms with Crippen molar-refractivity contribution < 1.29 is 28.7 Å². The van der Waals surface area contributed by atoms with Crippen LogP contribution in [0.2, 0.25) is 0 Å². The number of anilines is 1. The molecule has 1 fully saturated rings. The summed E-state index contributed by atoms with van der Waals surface area (Å²) in [6, 6.07) is 23.6. The number of aromatic nitrogens is 1. The minimum atomic E-state index is -0.963. The molecule has 1 amide bonds. The molecule has 1 atom stereocenters. The van der Waals surface area contributed by atoms with E-state index in [-0.39, 0.29) is 17.2 Å². The van der Waals surface area contributed by atoms with Crippen LogP contribution in [0.25, 0.3) is 5.76 Å². The van der Waals surface area contributed by atoms with Gasteiger partial charge in [0, 0.05) is 11.6 Å². The fourth-order valence-corrected chi connectivity index (χ4v) is 4.25. The van der Waals surface area contributed by atoms with Crippen LogP contribution in [0.4, 0.5) is 5.82 Å². The number of ketones is 1. The zero-order valence-corrected chi connectivity index (χ0v) is 20.3. The van der Waals surface area contributed by atoms with Crippen LogP contribution in [0.3, 0.4) is 0 Å². The van der Waals surface area contributed by atoms with Crippen LogP contribution in [-0.4, -0.2) is 28.6 Å². The normalized spacial score (nSPS) is 16.7. The lowest BCUT2D eigenvalue weighted by atomic mass is 9.95. The number of hydrogen-bond acceptors (Lipinski definition) is 7. The van der Waals surface area contributed by atoms with Gasteiger partial charge in [-0.3, -0.25) is 14.5 Å². The number of Topliss-reactive ketones (excluding diaryl/α,β-unsaturated/α-hetero) is 1. The maximum absolute atomic E-state index is 13.3. The topological polar surface area (TPSA) is 102 Å². The Morgan fingerprint density at radius 2 is 1.68 bits per heavy atom. The molecule has 8 heteroatoms. The predicted octanol–water partition coefficient (Wildman–Crippen LogP) is 5.80. The first kappa shape index (κ1) is 23.9. The average molecular weight is 497 g/mol. The number of nitrogens with zero attached hydrogens (tertiary/aromatic N) is 2. The highest BCUT2D eigenvalue weighted by Gasteiger charge is 2.48. The molecule has 2 heterocycles. The van der Waals surface area contributed by atoms with Crippen molar-refractivity contribution in [2.75, 3.05) is 11.5 Å². The third-order valence-electron chi connectivity index (χ3n) is 5.90. The molecule has 1 aromatic heterocycles. The lowest BCUT2D eigenvalue weighted by Crippen LogP contribution is -2.29. The highest BCUT2D eigenvalue weighted by Crippen LogP contribution is 2.43. The van der Waals surface area contributed by atoms with E-state index in [4.69, 9.17) is 14.0 Å². The smallest absolute Gasteiger partial charge is 0.301 e. The lowest BCUT2D eigenvalue weighted by molar-refractivity contribution is -0.132. The molecule has 37 heavy (non-hydrogen) atoms. The van der Waals surface area contributed by atoms with E-state index >= 15 is 0 Å². The van der Waals surface area contributed by atoms with E-state index in [1.165, 1.54) is 4.90 Å². The number of benzene rings is 3. The number of rotatable bonds is 7.